The number of rotatable bonds is 5. The maximum absolute atomic E-state index is 5.50. The fourth-order valence-corrected chi connectivity index (χ4v) is 2.36. The molecule has 16 heavy (non-hydrogen) atoms. The van der Waals surface area contributed by atoms with Gasteiger partial charge in [0.2, 0.25) is 0 Å². The molecule has 2 rings (SSSR count). The molecule has 0 radical (unpaired) electrons. The molecule has 1 N–H and O–H groups in total. The molecule has 0 aromatic carbocycles. The Morgan fingerprint density at radius 1 is 1.44 bits per heavy atom. The summed E-state index contributed by atoms with van der Waals surface area (Å²) in [5.41, 5.74) is 1.59. The Morgan fingerprint density at radius 2 is 2.38 bits per heavy atom. The lowest BCUT2D eigenvalue weighted by Gasteiger charge is -2.19. The highest BCUT2D eigenvalue weighted by molar-refractivity contribution is 5.13. The predicted octanol–water partition coefficient (Wildman–Crippen LogP) is 3.82. The molecule has 1 unspecified atom stereocenters. The molecule has 1 aliphatic carbocycles. The van der Waals surface area contributed by atoms with Gasteiger partial charge in [-0.25, -0.2) is 0 Å². The predicted molar refractivity (Wildman–Crippen MR) is 66.3 cm³/mol. The lowest BCUT2D eigenvalue weighted by Crippen LogP contribution is -2.21. The Hall–Kier alpha value is -1.02. The largest absolute Gasteiger partial charge is 0.468 e. The average molecular weight is 219 g/mol. The van der Waals surface area contributed by atoms with E-state index in [1.165, 1.54) is 25.7 Å². The summed E-state index contributed by atoms with van der Waals surface area (Å²) in [6.45, 7) is 3.13. The molecule has 0 aliphatic heterocycles. The minimum absolute atomic E-state index is 0.351. The molecule has 1 aromatic rings. The lowest BCUT2D eigenvalue weighted by molar-refractivity contribution is 0.411. The van der Waals surface area contributed by atoms with E-state index in [1.807, 2.05) is 6.07 Å². The van der Waals surface area contributed by atoms with Gasteiger partial charge in [-0.15, -0.1) is 0 Å². The number of hydrogen-bond acceptors (Lipinski definition) is 2. The molecular formula is C14H21NO. The highest BCUT2D eigenvalue weighted by Gasteiger charge is 2.15. The van der Waals surface area contributed by atoms with Crippen LogP contribution in [0.3, 0.4) is 0 Å². The van der Waals surface area contributed by atoms with Crippen molar-refractivity contribution < 1.29 is 4.42 Å². The SMILES string of the molecule is CCNC(CC1=CCCCC1)c1ccco1. The van der Waals surface area contributed by atoms with Crippen LogP contribution < -0.4 is 5.32 Å². The molecule has 88 valence electrons. The first-order valence-corrected chi connectivity index (χ1v) is 6.35. The molecule has 1 atom stereocenters. The smallest absolute Gasteiger partial charge is 0.120 e. The fraction of sp³-hybridized carbons (Fsp3) is 0.571. The Labute approximate surface area is 97.7 Å². The second kappa shape index (κ2) is 5.90. The van der Waals surface area contributed by atoms with Gasteiger partial charge in [-0.3, -0.25) is 0 Å². The summed E-state index contributed by atoms with van der Waals surface area (Å²) in [5.74, 6) is 1.06. The van der Waals surface area contributed by atoms with Crippen LogP contribution in [0.5, 0.6) is 0 Å². The van der Waals surface area contributed by atoms with Crippen molar-refractivity contribution in [3.05, 3.63) is 35.8 Å². The number of allylic oxidation sites excluding steroid dienone is 1. The van der Waals surface area contributed by atoms with Gasteiger partial charge >= 0.3 is 0 Å². The zero-order valence-corrected chi connectivity index (χ0v) is 10.0. The van der Waals surface area contributed by atoms with Crippen LogP contribution in [0.15, 0.2) is 34.5 Å². The molecule has 0 fully saturated rings. The zero-order valence-electron chi connectivity index (χ0n) is 10.0. The highest BCUT2D eigenvalue weighted by Crippen LogP contribution is 2.27. The Balaban J connectivity index is 1.99. The lowest BCUT2D eigenvalue weighted by atomic mass is 9.93. The van der Waals surface area contributed by atoms with Crippen LogP contribution in [-0.4, -0.2) is 6.54 Å². The van der Waals surface area contributed by atoms with E-state index in [4.69, 9.17) is 4.42 Å². The highest BCUT2D eigenvalue weighted by atomic mass is 16.3. The van der Waals surface area contributed by atoms with Gasteiger partial charge in [0.15, 0.2) is 0 Å². The van der Waals surface area contributed by atoms with Gasteiger partial charge in [0, 0.05) is 0 Å². The van der Waals surface area contributed by atoms with E-state index in [2.05, 4.69) is 24.4 Å². The van der Waals surface area contributed by atoms with Crippen molar-refractivity contribution in [3.63, 3.8) is 0 Å². The van der Waals surface area contributed by atoms with Gasteiger partial charge in [-0.1, -0.05) is 18.6 Å². The van der Waals surface area contributed by atoms with Crippen molar-refractivity contribution in [1.82, 2.24) is 5.32 Å². The first kappa shape index (κ1) is 11.5. The van der Waals surface area contributed by atoms with Gasteiger partial charge in [0.05, 0.1) is 12.3 Å². The van der Waals surface area contributed by atoms with E-state index in [0.29, 0.717) is 6.04 Å². The third kappa shape index (κ3) is 2.99. The number of nitrogens with one attached hydrogen (secondary N) is 1. The normalized spacial score (nSPS) is 18.2. The second-order valence-electron chi connectivity index (χ2n) is 4.44. The maximum atomic E-state index is 5.50. The van der Waals surface area contributed by atoms with Gasteiger partial charge in [0.1, 0.15) is 5.76 Å². The first-order chi connectivity index (χ1) is 7.90. The van der Waals surface area contributed by atoms with Crippen molar-refractivity contribution in [3.8, 4) is 0 Å². The van der Waals surface area contributed by atoms with E-state index in [1.54, 1.807) is 11.8 Å². The Bertz CT molecular complexity index is 327. The maximum Gasteiger partial charge on any atom is 0.120 e. The summed E-state index contributed by atoms with van der Waals surface area (Å²) in [6.07, 6.45) is 10.5. The van der Waals surface area contributed by atoms with Crippen molar-refractivity contribution in [1.29, 1.82) is 0 Å². The van der Waals surface area contributed by atoms with E-state index >= 15 is 0 Å². The third-order valence-electron chi connectivity index (χ3n) is 3.19. The molecule has 0 saturated heterocycles. The fourth-order valence-electron chi connectivity index (χ4n) is 2.36. The number of hydrogen-bond donors (Lipinski definition) is 1. The summed E-state index contributed by atoms with van der Waals surface area (Å²) in [7, 11) is 0. The molecule has 2 heteroatoms. The van der Waals surface area contributed by atoms with Crippen LogP contribution >= 0.6 is 0 Å². The first-order valence-electron chi connectivity index (χ1n) is 6.35. The van der Waals surface area contributed by atoms with Crippen LogP contribution in [0.25, 0.3) is 0 Å². The van der Waals surface area contributed by atoms with Gasteiger partial charge in [-0.2, -0.15) is 0 Å². The third-order valence-corrected chi connectivity index (χ3v) is 3.19. The van der Waals surface area contributed by atoms with E-state index in [0.717, 1.165) is 18.7 Å². The standard InChI is InChI=1S/C14H21NO/c1-2-15-13(14-9-6-10-16-14)11-12-7-4-3-5-8-12/h6-7,9-10,13,15H,2-5,8,11H2,1H3. The summed E-state index contributed by atoms with van der Waals surface area (Å²) >= 11 is 0. The molecule has 1 heterocycles. The van der Waals surface area contributed by atoms with Gasteiger partial charge < -0.3 is 9.73 Å². The van der Waals surface area contributed by atoms with Crippen molar-refractivity contribution >= 4 is 0 Å². The quantitative estimate of drug-likeness (QED) is 0.761. The molecule has 0 amide bonds. The number of furan rings is 1. The Kier molecular flexibility index (Phi) is 4.23. The second-order valence-corrected chi connectivity index (χ2v) is 4.44. The van der Waals surface area contributed by atoms with E-state index in [9.17, 15) is 0 Å². The molecule has 1 aliphatic rings. The van der Waals surface area contributed by atoms with E-state index < -0.39 is 0 Å². The minimum Gasteiger partial charge on any atom is -0.468 e. The van der Waals surface area contributed by atoms with E-state index in [-0.39, 0.29) is 0 Å². The molecule has 1 aromatic heterocycles. The average Bonchev–Trinajstić information content (AvgIpc) is 2.83. The molecule has 0 bridgehead atoms. The summed E-state index contributed by atoms with van der Waals surface area (Å²) in [6, 6.07) is 4.38. The van der Waals surface area contributed by atoms with Crippen LogP contribution in [0.4, 0.5) is 0 Å². The molecule has 2 nitrogen and oxygen atoms in total. The van der Waals surface area contributed by atoms with Crippen LogP contribution in [0, 0.1) is 0 Å². The molecular weight excluding hydrogens is 198 g/mol. The topological polar surface area (TPSA) is 25.2 Å². The van der Waals surface area contributed by atoms with Gasteiger partial charge in [0.25, 0.3) is 0 Å². The van der Waals surface area contributed by atoms with Crippen LogP contribution in [0.1, 0.15) is 50.8 Å². The summed E-state index contributed by atoms with van der Waals surface area (Å²) < 4.78 is 5.50. The summed E-state index contributed by atoms with van der Waals surface area (Å²) in [4.78, 5) is 0. The van der Waals surface area contributed by atoms with Crippen LogP contribution in [0.2, 0.25) is 0 Å². The minimum atomic E-state index is 0.351. The van der Waals surface area contributed by atoms with Crippen molar-refractivity contribution in [2.75, 3.05) is 6.54 Å². The molecule has 0 spiro atoms. The van der Waals surface area contributed by atoms with Crippen molar-refractivity contribution in [2.24, 2.45) is 0 Å². The van der Waals surface area contributed by atoms with Crippen LogP contribution in [-0.2, 0) is 0 Å². The zero-order chi connectivity index (χ0) is 11.2. The monoisotopic (exact) mass is 219 g/mol. The van der Waals surface area contributed by atoms with Gasteiger partial charge in [-0.05, 0) is 50.8 Å². The van der Waals surface area contributed by atoms with Crippen molar-refractivity contribution in [2.45, 2.75) is 45.1 Å². The Morgan fingerprint density at radius 3 is 3.00 bits per heavy atom. The molecule has 0 saturated carbocycles. The summed E-state index contributed by atoms with van der Waals surface area (Å²) in [5, 5.41) is 3.50.